The summed E-state index contributed by atoms with van der Waals surface area (Å²) in [6.45, 7) is 8.22. The van der Waals surface area contributed by atoms with Crippen molar-refractivity contribution in [3.8, 4) is 11.4 Å². The summed E-state index contributed by atoms with van der Waals surface area (Å²) in [5.41, 5.74) is 9.81. The minimum atomic E-state index is 0.532. The van der Waals surface area contributed by atoms with Crippen molar-refractivity contribution in [2.24, 2.45) is 0 Å². The first kappa shape index (κ1) is 22.2. The number of nitrogens with two attached hydrogens (primary N) is 1. The zero-order chi connectivity index (χ0) is 22.1. The van der Waals surface area contributed by atoms with Gasteiger partial charge in [-0.05, 0) is 55.4 Å². The van der Waals surface area contributed by atoms with Crippen LogP contribution in [0.3, 0.4) is 0 Å². The van der Waals surface area contributed by atoms with Crippen molar-refractivity contribution in [2.45, 2.75) is 26.3 Å². The summed E-state index contributed by atoms with van der Waals surface area (Å²) in [4.78, 5) is 10.9. The molecule has 0 aliphatic rings. The molecule has 1 aromatic carbocycles. The Bertz CT molecular complexity index is 1090. The fraction of sp³-hybridized carbons (Fsp3) is 0.240. The second-order valence-corrected chi connectivity index (χ2v) is 7.44. The van der Waals surface area contributed by atoms with Gasteiger partial charge in [-0.2, -0.15) is 4.52 Å². The summed E-state index contributed by atoms with van der Waals surface area (Å²) in [6, 6.07) is 18.1. The van der Waals surface area contributed by atoms with Gasteiger partial charge < -0.3 is 10.6 Å². The van der Waals surface area contributed by atoms with Crippen LogP contribution in [-0.4, -0.2) is 38.1 Å². The quantitative estimate of drug-likeness (QED) is 0.464. The summed E-state index contributed by atoms with van der Waals surface area (Å²) in [5, 5.41) is 4.36. The second-order valence-electron chi connectivity index (χ2n) is 7.44. The lowest BCUT2D eigenvalue weighted by atomic mass is 10.2. The molecule has 0 amide bonds. The van der Waals surface area contributed by atoms with E-state index in [0.29, 0.717) is 17.3 Å². The standard InChI is InChI=1S/C13H11N5.C12H19N/c1-2-9-6-11(14)18-12(7-9)16-13(17-18)10-4-3-5-15-8-10;1-3-4-10-13(2)11-12-8-6-5-7-9-12/h2-8H,1,14H2;5-9H,3-4,10-11H2,1-2H3. The van der Waals surface area contributed by atoms with Gasteiger partial charge in [-0.3, -0.25) is 4.98 Å². The van der Waals surface area contributed by atoms with Crippen molar-refractivity contribution in [1.82, 2.24) is 24.5 Å². The van der Waals surface area contributed by atoms with E-state index in [-0.39, 0.29) is 0 Å². The number of aromatic nitrogens is 4. The van der Waals surface area contributed by atoms with Crippen LogP contribution in [0.25, 0.3) is 23.1 Å². The van der Waals surface area contributed by atoms with Crippen molar-refractivity contribution >= 4 is 17.5 Å². The first-order chi connectivity index (χ1) is 15.1. The van der Waals surface area contributed by atoms with Crippen LogP contribution in [0.1, 0.15) is 30.9 Å². The first-order valence-electron chi connectivity index (χ1n) is 10.5. The van der Waals surface area contributed by atoms with E-state index in [1.54, 1.807) is 23.0 Å². The van der Waals surface area contributed by atoms with Crippen molar-refractivity contribution in [3.05, 3.63) is 84.7 Å². The molecule has 0 fully saturated rings. The lowest BCUT2D eigenvalue weighted by Crippen LogP contribution is -2.18. The molecule has 4 rings (SSSR count). The lowest BCUT2D eigenvalue weighted by molar-refractivity contribution is 0.321. The molecule has 0 atom stereocenters. The Labute approximate surface area is 184 Å². The van der Waals surface area contributed by atoms with Crippen LogP contribution in [0.15, 0.2) is 73.6 Å². The molecule has 0 saturated carbocycles. The number of nitrogen functional groups attached to an aromatic ring is 1. The smallest absolute Gasteiger partial charge is 0.183 e. The van der Waals surface area contributed by atoms with Crippen LogP contribution in [0, 0.1) is 0 Å². The van der Waals surface area contributed by atoms with E-state index in [1.807, 2.05) is 24.3 Å². The molecule has 31 heavy (non-hydrogen) atoms. The predicted molar refractivity (Wildman–Crippen MR) is 128 cm³/mol. The van der Waals surface area contributed by atoms with Gasteiger partial charge in [0.25, 0.3) is 0 Å². The largest absolute Gasteiger partial charge is 0.384 e. The van der Waals surface area contributed by atoms with Gasteiger partial charge in [0, 0.05) is 24.5 Å². The average molecular weight is 415 g/mol. The van der Waals surface area contributed by atoms with E-state index in [0.717, 1.165) is 17.7 Å². The third kappa shape index (κ3) is 6.23. The maximum Gasteiger partial charge on any atom is 0.183 e. The number of nitrogens with zero attached hydrogens (tertiary/aromatic N) is 5. The molecule has 4 aromatic rings. The Morgan fingerprint density at radius 3 is 2.61 bits per heavy atom. The van der Waals surface area contributed by atoms with Gasteiger partial charge in [-0.1, -0.05) is 56.3 Å². The molecule has 0 aliphatic heterocycles. The van der Waals surface area contributed by atoms with E-state index in [4.69, 9.17) is 5.73 Å². The van der Waals surface area contributed by atoms with Gasteiger partial charge in [-0.25, -0.2) is 4.98 Å². The third-order valence-electron chi connectivity index (χ3n) is 4.83. The van der Waals surface area contributed by atoms with Gasteiger partial charge in [-0.15, -0.1) is 5.10 Å². The van der Waals surface area contributed by atoms with Gasteiger partial charge in [0.05, 0.1) is 0 Å². The Kier molecular flexibility index (Phi) is 7.90. The van der Waals surface area contributed by atoms with Gasteiger partial charge in [0.1, 0.15) is 5.82 Å². The molecular formula is C25H30N6. The number of hydrogen-bond donors (Lipinski definition) is 1. The maximum absolute atomic E-state index is 5.92. The van der Waals surface area contributed by atoms with Crippen LogP contribution < -0.4 is 5.73 Å². The lowest BCUT2D eigenvalue weighted by Gasteiger charge is -2.15. The topological polar surface area (TPSA) is 72.3 Å². The Morgan fingerprint density at radius 1 is 1.13 bits per heavy atom. The fourth-order valence-electron chi connectivity index (χ4n) is 3.17. The molecule has 6 nitrogen and oxygen atoms in total. The van der Waals surface area contributed by atoms with Crippen LogP contribution in [0.2, 0.25) is 0 Å². The molecule has 3 aromatic heterocycles. The number of pyridine rings is 2. The van der Waals surface area contributed by atoms with Gasteiger partial charge in [0.15, 0.2) is 11.5 Å². The zero-order valence-corrected chi connectivity index (χ0v) is 18.3. The minimum Gasteiger partial charge on any atom is -0.384 e. The van der Waals surface area contributed by atoms with E-state index >= 15 is 0 Å². The highest BCUT2D eigenvalue weighted by Gasteiger charge is 2.08. The highest BCUT2D eigenvalue weighted by molar-refractivity contribution is 5.63. The molecule has 0 unspecified atom stereocenters. The minimum absolute atomic E-state index is 0.532. The second kappa shape index (κ2) is 11.0. The van der Waals surface area contributed by atoms with Gasteiger partial charge >= 0.3 is 0 Å². The molecule has 0 radical (unpaired) electrons. The molecule has 6 heteroatoms. The summed E-state index contributed by atoms with van der Waals surface area (Å²) < 4.78 is 1.61. The van der Waals surface area contributed by atoms with Crippen LogP contribution >= 0.6 is 0 Å². The first-order valence-corrected chi connectivity index (χ1v) is 10.5. The summed E-state index contributed by atoms with van der Waals surface area (Å²) in [6.07, 6.45) is 7.74. The molecule has 3 heterocycles. The van der Waals surface area contributed by atoms with Crippen molar-refractivity contribution in [1.29, 1.82) is 0 Å². The number of benzene rings is 1. The number of unbranched alkanes of at least 4 members (excludes halogenated alkanes) is 1. The van der Waals surface area contributed by atoms with Crippen molar-refractivity contribution < 1.29 is 0 Å². The molecule has 0 bridgehead atoms. The van der Waals surface area contributed by atoms with Crippen molar-refractivity contribution in [3.63, 3.8) is 0 Å². The number of anilines is 1. The van der Waals surface area contributed by atoms with E-state index in [2.05, 4.69) is 70.8 Å². The normalized spacial score (nSPS) is 10.7. The highest BCUT2D eigenvalue weighted by Crippen LogP contribution is 2.18. The summed E-state index contributed by atoms with van der Waals surface area (Å²) in [7, 11) is 2.18. The summed E-state index contributed by atoms with van der Waals surface area (Å²) >= 11 is 0. The van der Waals surface area contributed by atoms with Crippen molar-refractivity contribution in [2.75, 3.05) is 19.3 Å². The van der Waals surface area contributed by atoms with Crippen LogP contribution in [0.5, 0.6) is 0 Å². The molecule has 2 N–H and O–H groups in total. The predicted octanol–water partition coefficient (Wildman–Crippen LogP) is 4.94. The van der Waals surface area contributed by atoms with Crippen LogP contribution in [-0.2, 0) is 6.54 Å². The van der Waals surface area contributed by atoms with E-state index in [9.17, 15) is 0 Å². The Balaban J connectivity index is 0.000000187. The zero-order valence-electron chi connectivity index (χ0n) is 18.3. The third-order valence-corrected chi connectivity index (χ3v) is 4.83. The molecule has 0 saturated heterocycles. The maximum atomic E-state index is 5.92. The Hall–Kier alpha value is -3.51. The molecule has 0 spiro atoms. The number of fused-ring (bicyclic) bond motifs is 1. The fourth-order valence-corrected chi connectivity index (χ4v) is 3.17. The Morgan fingerprint density at radius 2 is 1.94 bits per heavy atom. The monoisotopic (exact) mass is 414 g/mol. The SMILES string of the molecule is C=Cc1cc(N)n2nc(-c3cccnc3)nc2c1.CCCCN(C)Cc1ccccc1. The average Bonchev–Trinajstić information content (AvgIpc) is 3.24. The molecule has 0 aliphatic carbocycles. The van der Waals surface area contributed by atoms with Crippen LogP contribution in [0.4, 0.5) is 5.82 Å². The summed E-state index contributed by atoms with van der Waals surface area (Å²) in [5.74, 6) is 1.14. The number of hydrogen-bond acceptors (Lipinski definition) is 5. The van der Waals surface area contributed by atoms with Gasteiger partial charge in [0.2, 0.25) is 0 Å². The molecular weight excluding hydrogens is 384 g/mol. The number of rotatable bonds is 7. The highest BCUT2D eigenvalue weighted by atomic mass is 15.3. The van der Waals surface area contributed by atoms with E-state index < -0.39 is 0 Å². The van der Waals surface area contributed by atoms with E-state index in [1.165, 1.54) is 24.9 Å². The molecule has 160 valence electrons.